The number of benzene rings is 2. The van der Waals surface area contributed by atoms with Crippen molar-refractivity contribution in [2.75, 3.05) is 11.6 Å². The first-order chi connectivity index (χ1) is 12.6. The molecule has 2 aromatic carbocycles. The van der Waals surface area contributed by atoms with Crippen LogP contribution in [-0.4, -0.2) is 32.5 Å². The van der Waals surface area contributed by atoms with Crippen molar-refractivity contribution in [1.29, 1.82) is 0 Å². The predicted molar refractivity (Wildman–Crippen MR) is 106 cm³/mol. The molecule has 0 saturated heterocycles. The van der Waals surface area contributed by atoms with Gasteiger partial charge in [-0.3, -0.25) is 9.59 Å². The molecule has 8 heteroatoms. The highest BCUT2D eigenvalue weighted by Crippen LogP contribution is 2.22. The summed E-state index contributed by atoms with van der Waals surface area (Å²) in [5.41, 5.74) is 1.39. The molecule has 0 aliphatic rings. The van der Waals surface area contributed by atoms with Crippen LogP contribution in [0, 0.1) is 0 Å². The highest BCUT2D eigenvalue weighted by molar-refractivity contribution is 7.90. The van der Waals surface area contributed by atoms with Crippen molar-refractivity contribution in [2.24, 2.45) is 0 Å². The highest BCUT2D eigenvalue weighted by Gasteiger charge is 2.16. The summed E-state index contributed by atoms with van der Waals surface area (Å²) in [6.45, 7) is 3.78. The monoisotopic (exact) mass is 408 g/mol. The van der Waals surface area contributed by atoms with E-state index in [0.29, 0.717) is 5.69 Å². The van der Waals surface area contributed by atoms with Crippen molar-refractivity contribution in [3.8, 4) is 0 Å². The summed E-state index contributed by atoms with van der Waals surface area (Å²) in [6.07, 6.45) is 1.31. The fraction of sp³-hybridized carbons (Fsp3) is 0.263. The molecule has 0 atom stereocenters. The van der Waals surface area contributed by atoms with Crippen LogP contribution >= 0.6 is 11.6 Å². The number of anilines is 1. The Kier molecular flexibility index (Phi) is 6.62. The molecule has 2 N–H and O–H groups in total. The molecule has 0 aliphatic carbocycles. The van der Waals surface area contributed by atoms with Gasteiger partial charge in [0.1, 0.15) is 0 Å². The van der Waals surface area contributed by atoms with E-state index in [2.05, 4.69) is 10.6 Å². The van der Waals surface area contributed by atoms with Crippen LogP contribution in [0.25, 0.3) is 0 Å². The average Bonchev–Trinajstić information content (AvgIpc) is 2.55. The molecule has 0 aromatic heterocycles. The summed E-state index contributed by atoms with van der Waals surface area (Å²) >= 11 is 6.03. The molecular weight excluding hydrogens is 388 g/mol. The van der Waals surface area contributed by atoms with Crippen molar-refractivity contribution < 1.29 is 18.0 Å². The molecule has 2 amide bonds. The molecule has 0 heterocycles. The van der Waals surface area contributed by atoms with Gasteiger partial charge in [0.25, 0.3) is 5.91 Å². The number of carbonyl (C=O) groups is 2. The van der Waals surface area contributed by atoms with Gasteiger partial charge in [-0.1, -0.05) is 23.7 Å². The van der Waals surface area contributed by atoms with Crippen LogP contribution in [0.2, 0.25) is 5.02 Å². The zero-order valence-corrected chi connectivity index (χ0v) is 16.8. The van der Waals surface area contributed by atoms with E-state index < -0.39 is 15.7 Å². The molecule has 2 aromatic rings. The first-order valence-corrected chi connectivity index (χ1v) is 10.5. The van der Waals surface area contributed by atoms with Crippen LogP contribution in [0.15, 0.2) is 47.4 Å². The normalized spacial score (nSPS) is 11.3. The summed E-state index contributed by atoms with van der Waals surface area (Å²) in [5, 5.41) is 5.64. The fourth-order valence-corrected chi connectivity index (χ4v) is 3.22. The van der Waals surface area contributed by atoms with E-state index in [1.165, 1.54) is 18.2 Å². The Labute approximate surface area is 163 Å². The van der Waals surface area contributed by atoms with Gasteiger partial charge in [0.05, 0.1) is 21.9 Å². The standard InChI is InChI=1S/C19H21ClN2O4S/c1-12(2)21-18(23)10-13-4-6-14(7-5-13)22-19(24)16-11-15(27(3,25)26)8-9-17(16)20/h4-9,11-12H,10H2,1-3H3,(H,21,23)(H,22,24). The van der Waals surface area contributed by atoms with Crippen LogP contribution in [0.4, 0.5) is 5.69 Å². The van der Waals surface area contributed by atoms with Gasteiger partial charge in [0.2, 0.25) is 5.91 Å². The second kappa shape index (κ2) is 8.54. The molecule has 27 heavy (non-hydrogen) atoms. The van der Waals surface area contributed by atoms with Gasteiger partial charge in [0, 0.05) is 18.0 Å². The van der Waals surface area contributed by atoms with Crippen molar-refractivity contribution in [3.05, 3.63) is 58.6 Å². The molecular formula is C19H21ClN2O4S. The number of amides is 2. The second-order valence-corrected chi connectivity index (χ2v) is 8.89. The Hall–Kier alpha value is -2.38. The number of nitrogens with one attached hydrogen (secondary N) is 2. The maximum Gasteiger partial charge on any atom is 0.257 e. The summed E-state index contributed by atoms with van der Waals surface area (Å²) in [4.78, 5) is 24.2. The number of sulfone groups is 1. The lowest BCUT2D eigenvalue weighted by Crippen LogP contribution is -2.31. The summed E-state index contributed by atoms with van der Waals surface area (Å²) in [5.74, 6) is -0.595. The van der Waals surface area contributed by atoms with Crippen LogP contribution in [0.5, 0.6) is 0 Å². The maximum absolute atomic E-state index is 12.4. The average molecular weight is 409 g/mol. The van der Waals surface area contributed by atoms with E-state index in [0.717, 1.165) is 11.8 Å². The Morgan fingerprint density at radius 1 is 1.07 bits per heavy atom. The zero-order valence-electron chi connectivity index (χ0n) is 15.2. The van der Waals surface area contributed by atoms with Crippen LogP contribution < -0.4 is 10.6 Å². The third-order valence-corrected chi connectivity index (χ3v) is 5.08. The van der Waals surface area contributed by atoms with Gasteiger partial charge in [-0.25, -0.2) is 8.42 Å². The predicted octanol–water partition coefficient (Wildman–Crippen LogP) is 3.06. The Morgan fingerprint density at radius 3 is 2.26 bits per heavy atom. The molecule has 144 valence electrons. The van der Waals surface area contributed by atoms with Gasteiger partial charge in [0.15, 0.2) is 9.84 Å². The van der Waals surface area contributed by atoms with Gasteiger partial charge in [-0.2, -0.15) is 0 Å². The lowest BCUT2D eigenvalue weighted by Gasteiger charge is -2.10. The fourth-order valence-electron chi connectivity index (χ4n) is 2.37. The molecule has 0 aliphatic heterocycles. The molecule has 6 nitrogen and oxygen atoms in total. The summed E-state index contributed by atoms with van der Waals surface area (Å²) in [7, 11) is -3.45. The van der Waals surface area contributed by atoms with Gasteiger partial charge in [-0.15, -0.1) is 0 Å². The molecule has 0 saturated carbocycles. The van der Waals surface area contributed by atoms with E-state index in [4.69, 9.17) is 11.6 Å². The number of hydrogen-bond acceptors (Lipinski definition) is 4. The molecule has 2 rings (SSSR count). The van der Waals surface area contributed by atoms with Crippen molar-refractivity contribution in [3.63, 3.8) is 0 Å². The molecule has 0 bridgehead atoms. The molecule has 0 radical (unpaired) electrons. The van der Waals surface area contributed by atoms with Crippen molar-refractivity contribution in [2.45, 2.75) is 31.2 Å². The Bertz CT molecular complexity index is 954. The van der Waals surface area contributed by atoms with Crippen molar-refractivity contribution in [1.82, 2.24) is 5.32 Å². The smallest absolute Gasteiger partial charge is 0.257 e. The van der Waals surface area contributed by atoms with Crippen LogP contribution in [0.3, 0.4) is 0 Å². The highest BCUT2D eigenvalue weighted by atomic mass is 35.5. The third kappa shape index (κ3) is 6.08. The second-order valence-electron chi connectivity index (χ2n) is 6.46. The van der Waals surface area contributed by atoms with E-state index in [1.807, 2.05) is 13.8 Å². The van der Waals surface area contributed by atoms with Crippen LogP contribution in [0.1, 0.15) is 29.8 Å². The molecule has 0 fully saturated rings. The van der Waals surface area contributed by atoms with E-state index in [-0.39, 0.29) is 33.9 Å². The van der Waals surface area contributed by atoms with Gasteiger partial charge >= 0.3 is 0 Å². The summed E-state index contributed by atoms with van der Waals surface area (Å²) < 4.78 is 23.3. The quantitative estimate of drug-likeness (QED) is 0.768. The number of rotatable bonds is 6. The minimum Gasteiger partial charge on any atom is -0.354 e. The number of halogens is 1. The zero-order chi connectivity index (χ0) is 20.2. The lowest BCUT2D eigenvalue weighted by molar-refractivity contribution is -0.120. The van der Waals surface area contributed by atoms with E-state index in [9.17, 15) is 18.0 Å². The Balaban J connectivity index is 2.11. The Morgan fingerprint density at radius 2 is 1.70 bits per heavy atom. The topological polar surface area (TPSA) is 92.3 Å². The van der Waals surface area contributed by atoms with Crippen molar-refractivity contribution >= 4 is 38.9 Å². The van der Waals surface area contributed by atoms with E-state index in [1.54, 1.807) is 24.3 Å². The first kappa shape index (κ1) is 20.9. The van der Waals surface area contributed by atoms with Gasteiger partial charge in [-0.05, 0) is 49.7 Å². The third-order valence-electron chi connectivity index (χ3n) is 3.64. The van der Waals surface area contributed by atoms with Crippen LogP contribution in [-0.2, 0) is 21.1 Å². The minimum absolute atomic E-state index is 0.0172. The van der Waals surface area contributed by atoms with Gasteiger partial charge < -0.3 is 10.6 Å². The summed E-state index contributed by atoms with van der Waals surface area (Å²) in [6, 6.07) is 10.9. The minimum atomic E-state index is -3.45. The lowest BCUT2D eigenvalue weighted by atomic mass is 10.1. The molecule has 0 unspecified atom stereocenters. The maximum atomic E-state index is 12.4. The largest absolute Gasteiger partial charge is 0.354 e. The number of carbonyl (C=O) groups excluding carboxylic acids is 2. The SMILES string of the molecule is CC(C)NC(=O)Cc1ccc(NC(=O)c2cc(S(C)(=O)=O)ccc2Cl)cc1. The first-order valence-electron chi connectivity index (χ1n) is 8.25. The van der Waals surface area contributed by atoms with E-state index >= 15 is 0 Å². The molecule has 0 spiro atoms. The number of hydrogen-bond donors (Lipinski definition) is 2.